The van der Waals surface area contributed by atoms with E-state index >= 15 is 0 Å². The number of carbonyl (C=O) groups is 2. The molecule has 0 heterocycles. The third-order valence-electron chi connectivity index (χ3n) is 6.67. The summed E-state index contributed by atoms with van der Waals surface area (Å²) in [5.74, 6) is 0.773. The third-order valence-corrected chi connectivity index (χ3v) is 6.67. The SMILES string of the molecule is O=C1C2(CC2)CC2(CC2)CC2(CC2)C(=O)C12CC2. The van der Waals surface area contributed by atoms with Gasteiger partial charge < -0.3 is 0 Å². The number of ketones is 2. The van der Waals surface area contributed by atoms with E-state index < -0.39 is 5.41 Å². The van der Waals surface area contributed by atoms with Crippen molar-refractivity contribution in [3.63, 3.8) is 0 Å². The largest absolute Gasteiger partial charge is 0.298 e. The Morgan fingerprint density at radius 2 is 1.06 bits per heavy atom. The molecule has 2 nitrogen and oxygen atoms in total. The second-order valence-electron chi connectivity index (χ2n) is 8.15. The van der Waals surface area contributed by atoms with Crippen LogP contribution in [0, 0.1) is 21.7 Å². The molecular formula is C16H20O2. The van der Waals surface area contributed by atoms with Crippen molar-refractivity contribution in [3.8, 4) is 0 Å². The second kappa shape index (κ2) is 2.48. The number of carbonyl (C=O) groups excluding carboxylic acids is 2. The zero-order chi connectivity index (χ0) is 12.2. The summed E-state index contributed by atoms with van der Waals surface area (Å²) in [6.45, 7) is 0. The highest BCUT2D eigenvalue weighted by molar-refractivity contribution is 6.15. The van der Waals surface area contributed by atoms with Crippen LogP contribution in [0.1, 0.15) is 64.2 Å². The van der Waals surface area contributed by atoms with E-state index in [-0.39, 0.29) is 10.8 Å². The number of hydrogen-bond acceptors (Lipinski definition) is 2. The van der Waals surface area contributed by atoms with E-state index in [9.17, 15) is 9.59 Å². The molecule has 0 aromatic carbocycles. The molecule has 0 atom stereocenters. The minimum Gasteiger partial charge on any atom is -0.298 e. The Morgan fingerprint density at radius 3 is 1.33 bits per heavy atom. The zero-order valence-corrected chi connectivity index (χ0v) is 10.9. The van der Waals surface area contributed by atoms with E-state index in [4.69, 9.17) is 0 Å². The van der Waals surface area contributed by atoms with Crippen LogP contribution in [0.25, 0.3) is 0 Å². The molecule has 5 saturated carbocycles. The molecule has 0 unspecified atom stereocenters. The van der Waals surface area contributed by atoms with E-state index in [1.54, 1.807) is 0 Å². The van der Waals surface area contributed by atoms with E-state index in [0.717, 1.165) is 51.4 Å². The lowest BCUT2D eigenvalue weighted by molar-refractivity contribution is -0.143. The average molecular weight is 244 g/mol. The summed E-state index contributed by atoms with van der Waals surface area (Å²) in [4.78, 5) is 25.8. The monoisotopic (exact) mass is 244 g/mol. The Morgan fingerprint density at radius 1 is 0.611 bits per heavy atom. The molecule has 5 aliphatic carbocycles. The van der Waals surface area contributed by atoms with Gasteiger partial charge in [0.1, 0.15) is 0 Å². The number of rotatable bonds is 0. The van der Waals surface area contributed by atoms with Gasteiger partial charge in [0.05, 0.1) is 5.41 Å². The van der Waals surface area contributed by atoms with Gasteiger partial charge in [-0.2, -0.15) is 0 Å². The molecule has 0 aromatic heterocycles. The fourth-order valence-electron chi connectivity index (χ4n) is 5.00. The summed E-state index contributed by atoms with van der Waals surface area (Å²) in [5, 5.41) is 0. The maximum absolute atomic E-state index is 12.9. The molecule has 4 spiro atoms. The Kier molecular flexibility index (Phi) is 1.40. The van der Waals surface area contributed by atoms with E-state index in [1.807, 2.05) is 0 Å². The highest BCUT2D eigenvalue weighted by Gasteiger charge is 2.74. The van der Waals surface area contributed by atoms with Crippen LogP contribution in [0.2, 0.25) is 0 Å². The van der Waals surface area contributed by atoms with Crippen LogP contribution in [0.3, 0.4) is 0 Å². The minimum absolute atomic E-state index is 0.0286. The van der Waals surface area contributed by atoms with Crippen molar-refractivity contribution < 1.29 is 9.59 Å². The first-order valence-electron chi connectivity index (χ1n) is 7.65. The van der Waals surface area contributed by atoms with Crippen LogP contribution in [0.15, 0.2) is 0 Å². The topological polar surface area (TPSA) is 34.1 Å². The average Bonchev–Trinajstić information content (AvgIpc) is 3.17. The molecule has 5 fully saturated rings. The summed E-state index contributed by atoms with van der Waals surface area (Å²) in [6.07, 6.45) is 10.9. The van der Waals surface area contributed by atoms with Crippen molar-refractivity contribution in [2.45, 2.75) is 64.2 Å². The standard InChI is InChI=1S/C16H20O2/c17-11-14(3-4-14)9-13(1-2-13)10-15(5-6-15)12(18)16(11)7-8-16/h1-10H2. The molecule has 5 aliphatic rings. The fourth-order valence-corrected chi connectivity index (χ4v) is 5.00. The van der Waals surface area contributed by atoms with Crippen molar-refractivity contribution in [1.82, 2.24) is 0 Å². The summed E-state index contributed by atoms with van der Waals surface area (Å²) in [6, 6.07) is 0. The fraction of sp³-hybridized carbons (Fsp3) is 0.875. The molecular weight excluding hydrogens is 224 g/mol. The Bertz CT molecular complexity index is 447. The summed E-state index contributed by atoms with van der Waals surface area (Å²) in [7, 11) is 0. The molecule has 0 aliphatic heterocycles. The van der Waals surface area contributed by atoms with Crippen molar-refractivity contribution in [3.05, 3.63) is 0 Å². The normalized spacial score (nSPS) is 38.9. The van der Waals surface area contributed by atoms with Crippen LogP contribution in [-0.2, 0) is 9.59 Å². The predicted octanol–water partition coefficient (Wildman–Crippen LogP) is 3.04. The predicted molar refractivity (Wildman–Crippen MR) is 65.9 cm³/mol. The minimum atomic E-state index is -0.469. The lowest BCUT2D eigenvalue weighted by atomic mass is 9.67. The Labute approximate surface area is 108 Å². The molecule has 96 valence electrons. The van der Waals surface area contributed by atoms with Gasteiger partial charge >= 0.3 is 0 Å². The molecule has 18 heavy (non-hydrogen) atoms. The second-order valence-corrected chi connectivity index (χ2v) is 8.15. The van der Waals surface area contributed by atoms with Gasteiger partial charge in [0.2, 0.25) is 0 Å². The maximum Gasteiger partial charge on any atom is 0.152 e. The van der Waals surface area contributed by atoms with Crippen LogP contribution in [-0.4, -0.2) is 11.6 Å². The lowest BCUT2D eigenvalue weighted by Crippen LogP contribution is -2.42. The maximum atomic E-state index is 12.9. The quantitative estimate of drug-likeness (QED) is 0.614. The Balaban J connectivity index is 1.62. The summed E-state index contributed by atoms with van der Waals surface area (Å²) >= 11 is 0. The van der Waals surface area contributed by atoms with Crippen LogP contribution >= 0.6 is 0 Å². The van der Waals surface area contributed by atoms with E-state index in [0.29, 0.717) is 17.0 Å². The summed E-state index contributed by atoms with van der Waals surface area (Å²) in [5.41, 5.74) is -0.114. The van der Waals surface area contributed by atoms with Crippen LogP contribution in [0.5, 0.6) is 0 Å². The molecule has 0 bridgehead atoms. The molecule has 0 saturated heterocycles. The van der Waals surface area contributed by atoms with Crippen molar-refractivity contribution in [1.29, 1.82) is 0 Å². The van der Waals surface area contributed by atoms with E-state index in [2.05, 4.69) is 0 Å². The van der Waals surface area contributed by atoms with Gasteiger partial charge in [0, 0.05) is 10.8 Å². The smallest absolute Gasteiger partial charge is 0.152 e. The molecule has 2 heteroatoms. The first-order valence-corrected chi connectivity index (χ1v) is 7.65. The van der Waals surface area contributed by atoms with Gasteiger partial charge in [-0.3, -0.25) is 9.59 Å². The van der Waals surface area contributed by atoms with Crippen LogP contribution < -0.4 is 0 Å². The van der Waals surface area contributed by atoms with Crippen molar-refractivity contribution in [2.24, 2.45) is 21.7 Å². The third kappa shape index (κ3) is 1.03. The molecule has 0 aromatic rings. The molecule has 0 amide bonds. The van der Waals surface area contributed by atoms with Gasteiger partial charge in [-0.1, -0.05) is 0 Å². The molecule has 5 rings (SSSR count). The van der Waals surface area contributed by atoms with Gasteiger partial charge in [0.25, 0.3) is 0 Å². The van der Waals surface area contributed by atoms with Gasteiger partial charge in [-0.15, -0.1) is 0 Å². The summed E-state index contributed by atoms with van der Waals surface area (Å²) < 4.78 is 0. The first kappa shape index (κ1) is 10.2. The number of hydrogen-bond donors (Lipinski definition) is 0. The molecule has 0 N–H and O–H groups in total. The highest BCUT2D eigenvalue weighted by Crippen LogP contribution is 2.75. The van der Waals surface area contributed by atoms with E-state index in [1.165, 1.54) is 12.8 Å². The molecule has 0 radical (unpaired) electrons. The van der Waals surface area contributed by atoms with Gasteiger partial charge in [0.15, 0.2) is 11.6 Å². The first-order chi connectivity index (χ1) is 8.55. The lowest BCUT2D eigenvalue weighted by Gasteiger charge is -2.34. The van der Waals surface area contributed by atoms with Gasteiger partial charge in [-0.25, -0.2) is 0 Å². The highest BCUT2D eigenvalue weighted by atomic mass is 16.2. The Hall–Kier alpha value is -0.660. The van der Waals surface area contributed by atoms with Crippen molar-refractivity contribution >= 4 is 11.6 Å². The number of Topliss-reactive ketones (excluding diaryl/α,β-unsaturated/α-hetero) is 2. The zero-order valence-electron chi connectivity index (χ0n) is 10.9. The van der Waals surface area contributed by atoms with Crippen LogP contribution in [0.4, 0.5) is 0 Å². The van der Waals surface area contributed by atoms with Crippen molar-refractivity contribution in [2.75, 3.05) is 0 Å². The van der Waals surface area contributed by atoms with Gasteiger partial charge in [-0.05, 0) is 69.6 Å².